The Hall–Kier alpha value is -1.06. The predicted octanol–water partition coefficient (Wildman–Crippen LogP) is 1.41. The fourth-order valence-electron chi connectivity index (χ4n) is 1.62. The van der Waals surface area contributed by atoms with Crippen molar-refractivity contribution in [3.8, 4) is 0 Å². The molecule has 1 aromatic carbocycles. The lowest BCUT2D eigenvalue weighted by molar-refractivity contribution is 0.0277. The first-order valence-corrected chi connectivity index (χ1v) is 5.12. The average molecular weight is 208 g/mol. The van der Waals surface area contributed by atoms with E-state index >= 15 is 0 Å². The zero-order valence-corrected chi connectivity index (χ0v) is 9.16. The van der Waals surface area contributed by atoms with Crippen molar-refractivity contribution >= 4 is 5.69 Å². The molecule has 1 aliphatic heterocycles. The molecule has 1 N–H and O–H groups in total. The summed E-state index contributed by atoms with van der Waals surface area (Å²) in [6.45, 7) is -0.804. The number of anilines is 1. The molecule has 1 atom stereocenters. The van der Waals surface area contributed by atoms with E-state index < -0.39 is 6.50 Å². The quantitative estimate of drug-likeness (QED) is 0.795. The molecule has 2 rings (SSSR count). The van der Waals surface area contributed by atoms with E-state index in [1.807, 2.05) is 43.3 Å². The molecule has 0 bridgehead atoms. The highest BCUT2D eigenvalue weighted by atomic mass is 16.5. The van der Waals surface area contributed by atoms with Crippen molar-refractivity contribution in [3.63, 3.8) is 0 Å². The minimum atomic E-state index is -1.40. The molecule has 82 valence electrons. The molecule has 15 heavy (non-hydrogen) atoms. The third-order valence-corrected chi connectivity index (χ3v) is 2.55. The van der Waals surface area contributed by atoms with Gasteiger partial charge in [0, 0.05) is 35.6 Å². The minimum Gasteiger partial charge on any atom is -0.378 e. The minimum absolute atomic E-state index is 0.0602. The summed E-state index contributed by atoms with van der Waals surface area (Å²) in [4.78, 5) is 2.04. The summed E-state index contributed by atoms with van der Waals surface area (Å²) >= 11 is 0. The average Bonchev–Trinajstić information content (AvgIpc) is 2.29. The second kappa shape index (κ2) is 4.64. The summed E-state index contributed by atoms with van der Waals surface area (Å²) < 4.78 is 20.5. The van der Waals surface area contributed by atoms with E-state index in [0.717, 1.165) is 11.3 Å². The number of morpholine rings is 1. The highest BCUT2D eigenvalue weighted by molar-refractivity contribution is 5.46. The van der Waals surface area contributed by atoms with Crippen LogP contribution < -0.4 is 10.2 Å². The molecule has 0 spiro atoms. The summed E-state index contributed by atoms with van der Waals surface area (Å²) in [5, 5.41) is 2.84. The van der Waals surface area contributed by atoms with Crippen LogP contribution in [0.4, 0.5) is 5.69 Å². The van der Waals surface area contributed by atoms with E-state index in [1.165, 1.54) is 0 Å². The van der Waals surface area contributed by atoms with Crippen LogP contribution >= 0.6 is 0 Å². The zero-order chi connectivity index (χ0) is 12.5. The molecule has 0 amide bonds. The lowest BCUT2D eigenvalue weighted by Gasteiger charge is -2.24. The molecule has 3 nitrogen and oxygen atoms in total. The Kier molecular flexibility index (Phi) is 2.52. The molecule has 0 saturated carbocycles. The zero-order valence-electron chi connectivity index (χ0n) is 11.2. The Balaban J connectivity index is 2.04. The standard InChI is InChI=1S/C12H18N2O/c1-14(2)11-5-3-10(4-6-11)12-9-13-7-8-15-12/h3-6,12-13H,7-9H2,1-2H3/t12-/m1/s1/i7D2. The van der Waals surface area contributed by atoms with Gasteiger partial charge in [-0.2, -0.15) is 0 Å². The van der Waals surface area contributed by atoms with Crippen molar-refractivity contribution in [3.05, 3.63) is 29.8 Å². The smallest absolute Gasteiger partial charge is 0.0949 e. The molecule has 1 saturated heterocycles. The monoisotopic (exact) mass is 208 g/mol. The molecule has 0 aliphatic carbocycles. The first kappa shape index (κ1) is 8.13. The first-order valence-electron chi connectivity index (χ1n) is 6.12. The number of hydrogen-bond donors (Lipinski definition) is 1. The molecule has 1 fully saturated rings. The van der Waals surface area contributed by atoms with Gasteiger partial charge in [-0.05, 0) is 17.7 Å². The van der Waals surface area contributed by atoms with E-state index in [4.69, 9.17) is 7.48 Å². The molecule has 1 heterocycles. The maximum absolute atomic E-state index is 7.49. The van der Waals surface area contributed by atoms with Crippen LogP contribution in [0.1, 0.15) is 14.4 Å². The van der Waals surface area contributed by atoms with Gasteiger partial charge in [-0.15, -0.1) is 0 Å². The molecular formula is C12H18N2O. The van der Waals surface area contributed by atoms with Gasteiger partial charge >= 0.3 is 0 Å². The number of ether oxygens (including phenoxy) is 1. The number of rotatable bonds is 2. The molecule has 3 heteroatoms. The van der Waals surface area contributed by atoms with Crippen molar-refractivity contribution in [2.75, 3.05) is 38.6 Å². The molecule has 0 unspecified atom stereocenters. The number of benzene rings is 1. The third kappa shape index (κ3) is 2.49. The van der Waals surface area contributed by atoms with Gasteiger partial charge in [0.2, 0.25) is 0 Å². The van der Waals surface area contributed by atoms with Crippen molar-refractivity contribution < 1.29 is 7.48 Å². The van der Waals surface area contributed by atoms with Crippen molar-refractivity contribution in [2.45, 2.75) is 6.10 Å². The normalized spacial score (nSPS) is 26.7. The molecule has 0 aromatic heterocycles. The van der Waals surface area contributed by atoms with Crippen LogP contribution in [0.15, 0.2) is 24.3 Å². The van der Waals surface area contributed by atoms with Gasteiger partial charge < -0.3 is 15.0 Å². The Bertz CT molecular complexity index is 369. The van der Waals surface area contributed by atoms with Gasteiger partial charge in [-0.25, -0.2) is 0 Å². The number of nitrogens with one attached hydrogen (secondary N) is 1. The van der Waals surface area contributed by atoms with Crippen molar-refractivity contribution in [1.29, 1.82) is 0 Å². The van der Waals surface area contributed by atoms with E-state index in [9.17, 15) is 0 Å². The van der Waals surface area contributed by atoms with Crippen LogP contribution in [0.3, 0.4) is 0 Å². The third-order valence-electron chi connectivity index (χ3n) is 2.55. The van der Waals surface area contributed by atoms with E-state index in [2.05, 4.69) is 5.32 Å². The summed E-state index contributed by atoms with van der Waals surface area (Å²) in [5.74, 6) is 0. The van der Waals surface area contributed by atoms with Crippen LogP contribution in [0.5, 0.6) is 0 Å². The lowest BCUT2D eigenvalue weighted by Crippen LogP contribution is -2.33. The second-order valence-electron chi connectivity index (χ2n) is 3.84. The predicted molar refractivity (Wildman–Crippen MR) is 62.3 cm³/mol. The fourth-order valence-corrected chi connectivity index (χ4v) is 1.62. The van der Waals surface area contributed by atoms with Crippen molar-refractivity contribution in [1.82, 2.24) is 5.32 Å². The van der Waals surface area contributed by atoms with E-state index in [1.54, 1.807) is 0 Å². The van der Waals surface area contributed by atoms with Crippen LogP contribution in [0.25, 0.3) is 0 Å². The summed E-state index contributed by atoms with van der Waals surface area (Å²) in [7, 11) is 4.00. The van der Waals surface area contributed by atoms with Gasteiger partial charge in [0.05, 0.1) is 12.7 Å². The summed E-state index contributed by atoms with van der Waals surface area (Å²) in [6.07, 6.45) is -0.0602. The Morgan fingerprint density at radius 1 is 1.40 bits per heavy atom. The van der Waals surface area contributed by atoms with Crippen LogP contribution in [0, 0.1) is 0 Å². The Morgan fingerprint density at radius 3 is 2.67 bits per heavy atom. The number of nitrogens with zero attached hydrogens (tertiary/aromatic N) is 1. The topological polar surface area (TPSA) is 24.5 Å². The van der Waals surface area contributed by atoms with Crippen molar-refractivity contribution in [2.24, 2.45) is 0 Å². The molecule has 1 aromatic rings. The van der Waals surface area contributed by atoms with Crippen LogP contribution in [0.2, 0.25) is 0 Å². The fraction of sp³-hybridized carbons (Fsp3) is 0.500. The lowest BCUT2D eigenvalue weighted by atomic mass is 10.1. The van der Waals surface area contributed by atoms with Gasteiger partial charge in [-0.3, -0.25) is 0 Å². The first-order chi connectivity index (χ1) is 7.98. The maximum Gasteiger partial charge on any atom is 0.0949 e. The Labute approximate surface area is 93.8 Å². The Morgan fingerprint density at radius 2 is 2.13 bits per heavy atom. The molecule has 1 aliphatic rings. The highest BCUT2D eigenvalue weighted by Crippen LogP contribution is 2.21. The SMILES string of the molecule is [2H]C1([2H])CO[C@@H](c2ccc(N(C)C)cc2)CN1. The summed E-state index contributed by atoms with van der Waals surface area (Å²) in [6, 6.07) is 8.15. The van der Waals surface area contributed by atoms with Gasteiger partial charge in [0.15, 0.2) is 0 Å². The number of hydrogen-bond acceptors (Lipinski definition) is 3. The van der Waals surface area contributed by atoms with Crippen LogP contribution in [-0.4, -0.2) is 33.7 Å². The van der Waals surface area contributed by atoms with Gasteiger partial charge in [-0.1, -0.05) is 12.1 Å². The summed E-state index contributed by atoms with van der Waals surface area (Å²) in [5.41, 5.74) is 2.23. The largest absolute Gasteiger partial charge is 0.378 e. The van der Waals surface area contributed by atoms with Crippen LogP contribution in [-0.2, 0) is 4.74 Å². The van der Waals surface area contributed by atoms with E-state index in [0.29, 0.717) is 6.54 Å². The second-order valence-corrected chi connectivity index (χ2v) is 3.84. The molecule has 0 radical (unpaired) electrons. The maximum atomic E-state index is 7.49. The highest BCUT2D eigenvalue weighted by Gasteiger charge is 2.15. The molecular weight excluding hydrogens is 188 g/mol. The van der Waals surface area contributed by atoms with Gasteiger partial charge in [0.1, 0.15) is 0 Å². The van der Waals surface area contributed by atoms with Gasteiger partial charge in [0.25, 0.3) is 0 Å². The van der Waals surface area contributed by atoms with E-state index in [-0.39, 0.29) is 12.7 Å².